The molecule has 0 aliphatic carbocycles. The molecule has 0 bridgehead atoms. The van der Waals surface area contributed by atoms with Gasteiger partial charge in [-0.3, -0.25) is 0 Å². The average molecular weight is 276 g/mol. The van der Waals surface area contributed by atoms with E-state index in [4.69, 9.17) is 10.5 Å². The Hall–Kier alpha value is -1.10. The number of nitrogens with zero attached hydrogens (tertiary/aromatic N) is 2. The Bertz CT molecular complexity index is 512. The number of nitriles is 2. The molecule has 0 fully saturated rings. The second-order valence-electron chi connectivity index (χ2n) is 4.21. The topological polar surface area (TPSA) is 47.6 Å². The fraction of sp³-hybridized carbons (Fsp3) is 0.429. The maximum Gasteiger partial charge on any atom is 0.133 e. The standard InChI is InChI=1S/C14H16N2S2/c1-9-5-6-13(11(3)17-7-15)14(10(9)2)12(4)18-8-16/h5-6,11-12H,1-4H3. The van der Waals surface area contributed by atoms with Crippen molar-refractivity contribution in [2.45, 2.75) is 38.2 Å². The summed E-state index contributed by atoms with van der Waals surface area (Å²) in [4.78, 5) is 0. The van der Waals surface area contributed by atoms with E-state index in [2.05, 4.69) is 36.8 Å². The van der Waals surface area contributed by atoms with Gasteiger partial charge < -0.3 is 0 Å². The minimum Gasteiger partial charge on any atom is -0.185 e. The molecule has 94 valence electrons. The molecule has 2 unspecified atom stereocenters. The third-order valence-corrected chi connectivity index (χ3v) is 4.53. The van der Waals surface area contributed by atoms with E-state index in [0.29, 0.717) is 0 Å². The molecule has 0 radical (unpaired) electrons. The van der Waals surface area contributed by atoms with Crippen LogP contribution in [0.3, 0.4) is 0 Å². The van der Waals surface area contributed by atoms with Crippen LogP contribution in [0.15, 0.2) is 12.1 Å². The van der Waals surface area contributed by atoms with E-state index in [-0.39, 0.29) is 10.5 Å². The number of hydrogen-bond donors (Lipinski definition) is 0. The van der Waals surface area contributed by atoms with Gasteiger partial charge in [0.05, 0.1) is 0 Å². The Morgan fingerprint density at radius 2 is 1.56 bits per heavy atom. The molecule has 0 spiro atoms. The van der Waals surface area contributed by atoms with Crippen LogP contribution in [0.1, 0.15) is 46.6 Å². The summed E-state index contributed by atoms with van der Waals surface area (Å²) in [5.41, 5.74) is 4.83. The minimum atomic E-state index is 0.131. The van der Waals surface area contributed by atoms with Crippen LogP contribution in [-0.2, 0) is 0 Å². The maximum atomic E-state index is 8.85. The molecule has 0 N–H and O–H groups in total. The van der Waals surface area contributed by atoms with Gasteiger partial charge in [-0.2, -0.15) is 10.5 Å². The van der Waals surface area contributed by atoms with Crippen molar-refractivity contribution >= 4 is 23.5 Å². The lowest BCUT2D eigenvalue weighted by atomic mass is 9.94. The molecule has 2 nitrogen and oxygen atoms in total. The van der Waals surface area contributed by atoms with Crippen LogP contribution in [-0.4, -0.2) is 0 Å². The first kappa shape index (κ1) is 15.0. The third kappa shape index (κ3) is 3.22. The predicted octanol–water partition coefficient (Wildman–Crippen LogP) is 4.85. The first-order valence-corrected chi connectivity index (χ1v) is 7.48. The number of aryl methyl sites for hydroxylation is 1. The normalized spacial score (nSPS) is 13.4. The first-order chi connectivity index (χ1) is 8.52. The van der Waals surface area contributed by atoms with Crippen LogP contribution in [0.2, 0.25) is 0 Å². The van der Waals surface area contributed by atoms with Gasteiger partial charge in [-0.25, -0.2) is 0 Å². The van der Waals surface area contributed by atoms with Crippen LogP contribution >= 0.6 is 23.5 Å². The summed E-state index contributed by atoms with van der Waals surface area (Å²) in [7, 11) is 0. The minimum absolute atomic E-state index is 0.131. The molecule has 0 aromatic heterocycles. The molecule has 4 heteroatoms. The monoisotopic (exact) mass is 276 g/mol. The summed E-state index contributed by atoms with van der Waals surface area (Å²) in [6.45, 7) is 8.25. The van der Waals surface area contributed by atoms with Crippen LogP contribution < -0.4 is 0 Å². The van der Waals surface area contributed by atoms with Crippen molar-refractivity contribution in [1.82, 2.24) is 0 Å². The number of thioether (sulfide) groups is 2. The van der Waals surface area contributed by atoms with E-state index >= 15 is 0 Å². The molecular formula is C14H16N2S2. The van der Waals surface area contributed by atoms with Crippen LogP contribution in [0.4, 0.5) is 0 Å². The molecule has 2 atom stereocenters. The molecule has 0 saturated carbocycles. The van der Waals surface area contributed by atoms with E-state index in [0.717, 1.165) is 0 Å². The number of thiocyanates is 2. The molecule has 18 heavy (non-hydrogen) atoms. The van der Waals surface area contributed by atoms with Gasteiger partial charge in [0, 0.05) is 10.5 Å². The smallest absolute Gasteiger partial charge is 0.133 e. The van der Waals surface area contributed by atoms with E-state index in [1.807, 2.05) is 13.8 Å². The fourth-order valence-corrected chi connectivity index (χ4v) is 3.11. The molecule has 0 heterocycles. The zero-order valence-corrected chi connectivity index (χ0v) is 12.7. The molecule has 1 aromatic carbocycles. The molecule has 0 aliphatic heterocycles. The SMILES string of the molecule is Cc1ccc(C(C)SC#N)c(C(C)SC#N)c1C. The molecule has 1 aromatic rings. The summed E-state index contributed by atoms with van der Waals surface area (Å²) >= 11 is 2.53. The average Bonchev–Trinajstić information content (AvgIpc) is 2.32. The second kappa shape index (κ2) is 6.73. The van der Waals surface area contributed by atoms with Gasteiger partial charge in [0.1, 0.15) is 10.8 Å². The van der Waals surface area contributed by atoms with Gasteiger partial charge in [0.25, 0.3) is 0 Å². The van der Waals surface area contributed by atoms with Crippen molar-refractivity contribution in [1.29, 1.82) is 10.5 Å². The van der Waals surface area contributed by atoms with Gasteiger partial charge in [-0.05, 0) is 73.5 Å². The van der Waals surface area contributed by atoms with Crippen LogP contribution in [0, 0.1) is 35.2 Å². The fourth-order valence-electron chi connectivity index (χ4n) is 2.03. The van der Waals surface area contributed by atoms with E-state index in [9.17, 15) is 0 Å². The zero-order valence-electron chi connectivity index (χ0n) is 11.0. The van der Waals surface area contributed by atoms with E-state index in [1.165, 1.54) is 45.8 Å². The van der Waals surface area contributed by atoms with Gasteiger partial charge >= 0.3 is 0 Å². The molecule has 0 amide bonds. The van der Waals surface area contributed by atoms with Crippen molar-refractivity contribution in [2.75, 3.05) is 0 Å². The van der Waals surface area contributed by atoms with Gasteiger partial charge in [0.15, 0.2) is 0 Å². The van der Waals surface area contributed by atoms with Gasteiger partial charge in [0.2, 0.25) is 0 Å². The van der Waals surface area contributed by atoms with Gasteiger partial charge in [-0.15, -0.1) is 0 Å². The molecular weight excluding hydrogens is 260 g/mol. The maximum absolute atomic E-state index is 8.85. The second-order valence-corrected chi connectivity index (χ2v) is 6.46. The Morgan fingerprint density at radius 3 is 2.11 bits per heavy atom. The quantitative estimate of drug-likeness (QED) is 0.737. The largest absolute Gasteiger partial charge is 0.185 e. The predicted molar refractivity (Wildman–Crippen MR) is 79.2 cm³/mol. The van der Waals surface area contributed by atoms with E-state index < -0.39 is 0 Å². The Balaban J connectivity index is 3.31. The third-order valence-electron chi connectivity index (χ3n) is 3.12. The highest BCUT2D eigenvalue weighted by Crippen LogP contribution is 2.39. The number of benzene rings is 1. The van der Waals surface area contributed by atoms with Crippen molar-refractivity contribution in [3.8, 4) is 10.8 Å². The highest BCUT2D eigenvalue weighted by Gasteiger charge is 2.19. The molecule has 1 rings (SSSR count). The zero-order chi connectivity index (χ0) is 13.7. The highest BCUT2D eigenvalue weighted by molar-refractivity contribution is 8.04. The van der Waals surface area contributed by atoms with Crippen molar-refractivity contribution in [3.05, 3.63) is 34.4 Å². The summed E-state index contributed by atoms with van der Waals surface area (Å²) in [5.74, 6) is 0. The first-order valence-electron chi connectivity index (χ1n) is 5.72. The summed E-state index contributed by atoms with van der Waals surface area (Å²) < 4.78 is 0. The van der Waals surface area contributed by atoms with Crippen molar-refractivity contribution < 1.29 is 0 Å². The molecule has 0 saturated heterocycles. The lowest BCUT2D eigenvalue weighted by Crippen LogP contribution is -2.03. The Kier molecular flexibility index (Phi) is 5.59. The Morgan fingerprint density at radius 1 is 1.00 bits per heavy atom. The van der Waals surface area contributed by atoms with Crippen LogP contribution in [0.5, 0.6) is 0 Å². The number of hydrogen-bond acceptors (Lipinski definition) is 4. The highest BCUT2D eigenvalue weighted by atomic mass is 32.2. The molecule has 0 aliphatic rings. The lowest BCUT2D eigenvalue weighted by molar-refractivity contribution is 0.982. The number of rotatable bonds is 4. The Labute approximate surface area is 117 Å². The van der Waals surface area contributed by atoms with Gasteiger partial charge in [-0.1, -0.05) is 12.1 Å². The van der Waals surface area contributed by atoms with Crippen molar-refractivity contribution in [2.24, 2.45) is 0 Å². The van der Waals surface area contributed by atoms with Crippen molar-refractivity contribution in [3.63, 3.8) is 0 Å². The summed E-state index contributed by atoms with van der Waals surface area (Å²) in [6.07, 6.45) is 0. The lowest BCUT2D eigenvalue weighted by Gasteiger charge is -2.21. The van der Waals surface area contributed by atoms with Crippen LogP contribution in [0.25, 0.3) is 0 Å². The summed E-state index contributed by atoms with van der Waals surface area (Å²) in [6, 6.07) is 4.17. The summed E-state index contributed by atoms with van der Waals surface area (Å²) in [5, 5.41) is 22.2. The van der Waals surface area contributed by atoms with E-state index in [1.54, 1.807) is 0 Å².